The Kier molecular flexibility index (Phi) is 6.50. The van der Waals surface area contributed by atoms with Crippen molar-refractivity contribution in [3.8, 4) is 5.75 Å². The third-order valence-corrected chi connectivity index (χ3v) is 5.83. The van der Waals surface area contributed by atoms with Gasteiger partial charge in [-0.3, -0.25) is 14.5 Å². The molecule has 3 heterocycles. The molecule has 30 heavy (non-hydrogen) atoms. The lowest BCUT2D eigenvalue weighted by molar-refractivity contribution is 0.0362. The van der Waals surface area contributed by atoms with E-state index in [1.807, 2.05) is 43.3 Å². The third-order valence-electron chi connectivity index (χ3n) is 5.83. The largest absolute Gasteiger partial charge is 0.489 e. The second-order valence-electron chi connectivity index (χ2n) is 7.92. The van der Waals surface area contributed by atoms with Gasteiger partial charge in [0.25, 0.3) is 11.5 Å². The molecule has 0 aliphatic carbocycles. The normalized spacial score (nSPS) is 19.8. The smallest absolute Gasteiger partial charge is 0.263 e. The Morgan fingerprint density at radius 1 is 1.10 bits per heavy atom. The summed E-state index contributed by atoms with van der Waals surface area (Å²) in [6.07, 6.45) is 2.50. The summed E-state index contributed by atoms with van der Waals surface area (Å²) in [4.78, 5) is 30.3. The van der Waals surface area contributed by atoms with E-state index in [1.54, 1.807) is 15.7 Å². The van der Waals surface area contributed by atoms with Gasteiger partial charge in [0.1, 0.15) is 17.4 Å². The lowest BCUT2D eigenvalue weighted by Gasteiger charge is -2.26. The Morgan fingerprint density at radius 3 is 2.63 bits per heavy atom. The fraction of sp³-hybridized carbons (Fsp3) is 0.478. The summed E-state index contributed by atoms with van der Waals surface area (Å²) in [6.45, 7) is 7.48. The third kappa shape index (κ3) is 4.74. The molecular formula is C23H29N3O4. The highest BCUT2D eigenvalue weighted by molar-refractivity contribution is 5.95. The molecule has 7 nitrogen and oxygen atoms in total. The van der Waals surface area contributed by atoms with Crippen molar-refractivity contribution in [1.29, 1.82) is 0 Å². The summed E-state index contributed by atoms with van der Waals surface area (Å²) < 4.78 is 13.0. The molecule has 1 amide bonds. The minimum Gasteiger partial charge on any atom is -0.489 e. The molecule has 160 valence electrons. The molecule has 0 saturated carbocycles. The zero-order valence-corrected chi connectivity index (χ0v) is 17.5. The van der Waals surface area contributed by atoms with E-state index in [0.29, 0.717) is 19.6 Å². The number of ether oxygens (including phenoxy) is 2. The number of hydrogen-bond acceptors (Lipinski definition) is 5. The molecule has 2 aromatic rings. The molecule has 0 bridgehead atoms. The van der Waals surface area contributed by atoms with Crippen molar-refractivity contribution >= 4 is 5.91 Å². The van der Waals surface area contributed by atoms with Crippen LogP contribution in [0.2, 0.25) is 0 Å². The predicted octanol–water partition coefficient (Wildman–Crippen LogP) is 1.78. The number of nitrogens with zero attached hydrogens (tertiary/aromatic N) is 3. The highest BCUT2D eigenvalue weighted by Gasteiger charge is 2.30. The lowest BCUT2D eigenvalue weighted by atomic mass is 10.1. The molecule has 7 heteroatoms. The number of amides is 1. The summed E-state index contributed by atoms with van der Waals surface area (Å²) in [5, 5.41) is 0. The minimum absolute atomic E-state index is 0.0519. The number of para-hydroxylation sites is 1. The molecule has 1 aromatic carbocycles. The van der Waals surface area contributed by atoms with Gasteiger partial charge in [-0.15, -0.1) is 0 Å². The van der Waals surface area contributed by atoms with Crippen LogP contribution in [-0.4, -0.2) is 72.3 Å². The van der Waals surface area contributed by atoms with Crippen molar-refractivity contribution in [2.75, 3.05) is 45.9 Å². The first-order valence-corrected chi connectivity index (χ1v) is 10.6. The van der Waals surface area contributed by atoms with Gasteiger partial charge in [-0.05, 0) is 30.7 Å². The van der Waals surface area contributed by atoms with Crippen LogP contribution in [0.4, 0.5) is 0 Å². The number of pyridine rings is 1. The maximum Gasteiger partial charge on any atom is 0.263 e. The standard InChI is InChI=1S/C23H29N3O4/c1-18-7-9-25(12-11-24-13-15-29-16-14-24)22(27)21(18)23(28)26-10-8-20(17-26)30-19-5-3-2-4-6-19/h2-7,9,20H,8,10-17H2,1H3/t20-/m1/s1. The lowest BCUT2D eigenvalue weighted by Crippen LogP contribution is -2.41. The summed E-state index contributed by atoms with van der Waals surface area (Å²) >= 11 is 0. The molecule has 0 unspecified atom stereocenters. The van der Waals surface area contributed by atoms with Crippen molar-refractivity contribution < 1.29 is 14.3 Å². The first-order chi connectivity index (χ1) is 14.6. The van der Waals surface area contributed by atoms with Gasteiger partial charge in [0.2, 0.25) is 0 Å². The van der Waals surface area contributed by atoms with Crippen LogP contribution in [0.5, 0.6) is 5.75 Å². The van der Waals surface area contributed by atoms with Crippen LogP contribution < -0.4 is 10.3 Å². The zero-order chi connectivity index (χ0) is 20.9. The number of aryl methyl sites for hydroxylation is 1. The van der Waals surface area contributed by atoms with E-state index < -0.39 is 0 Å². The van der Waals surface area contributed by atoms with Crippen LogP contribution in [0, 0.1) is 6.92 Å². The topological polar surface area (TPSA) is 64.0 Å². The van der Waals surface area contributed by atoms with E-state index in [-0.39, 0.29) is 23.1 Å². The van der Waals surface area contributed by atoms with Gasteiger partial charge in [-0.25, -0.2) is 0 Å². The van der Waals surface area contributed by atoms with Gasteiger partial charge in [0.05, 0.1) is 19.8 Å². The first-order valence-electron chi connectivity index (χ1n) is 10.6. The van der Waals surface area contributed by atoms with Crippen molar-refractivity contribution in [2.45, 2.75) is 26.0 Å². The van der Waals surface area contributed by atoms with Crippen molar-refractivity contribution in [3.63, 3.8) is 0 Å². The van der Waals surface area contributed by atoms with Crippen LogP contribution in [0.1, 0.15) is 22.3 Å². The summed E-state index contributed by atoms with van der Waals surface area (Å²) in [6, 6.07) is 11.5. The first kappa shape index (κ1) is 20.6. The Bertz CT molecular complexity index is 922. The summed E-state index contributed by atoms with van der Waals surface area (Å²) in [5.41, 5.74) is 0.792. The van der Waals surface area contributed by atoms with Crippen molar-refractivity contribution in [3.05, 3.63) is 64.1 Å². The van der Waals surface area contributed by atoms with E-state index in [1.165, 1.54) is 0 Å². The summed E-state index contributed by atoms with van der Waals surface area (Å²) in [5.74, 6) is 0.607. The quantitative estimate of drug-likeness (QED) is 0.725. The van der Waals surface area contributed by atoms with Gasteiger partial charge < -0.3 is 18.9 Å². The SMILES string of the molecule is Cc1ccn(CCN2CCOCC2)c(=O)c1C(=O)N1CC[C@@H](Oc2ccccc2)C1. The molecule has 0 radical (unpaired) electrons. The highest BCUT2D eigenvalue weighted by atomic mass is 16.5. The van der Waals surface area contributed by atoms with E-state index in [2.05, 4.69) is 4.90 Å². The average Bonchev–Trinajstić information content (AvgIpc) is 3.23. The van der Waals surface area contributed by atoms with Crippen LogP contribution >= 0.6 is 0 Å². The molecule has 1 aromatic heterocycles. The molecule has 2 aliphatic rings. The van der Waals surface area contributed by atoms with E-state index in [4.69, 9.17) is 9.47 Å². The predicted molar refractivity (Wildman–Crippen MR) is 114 cm³/mol. The second-order valence-corrected chi connectivity index (χ2v) is 7.92. The molecule has 2 saturated heterocycles. The number of aromatic nitrogens is 1. The molecule has 4 rings (SSSR count). The number of morpholine rings is 1. The van der Waals surface area contributed by atoms with E-state index in [0.717, 1.165) is 50.6 Å². The highest BCUT2D eigenvalue weighted by Crippen LogP contribution is 2.20. The van der Waals surface area contributed by atoms with Gasteiger partial charge in [-0.2, -0.15) is 0 Å². The zero-order valence-electron chi connectivity index (χ0n) is 17.5. The van der Waals surface area contributed by atoms with E-state index in [9.17, 15) is 9.59 Å². The van der Waals surface area contributed by atoms with Crippen molar-refractivity contribution in [2.24, 2.45) is 0 Å². The van der Waals surface area contributed by atoms with Crippen LogP contribution in [0.3, 0.4) is 0 Å². The van der Waals surface area contributed by atoms with Gasteiger partial charge in [0, 0.05) is 45.3 Å². The Balaban J connectivity index is 1.42. The van der Waals surface area contributed by atoms with Crippen LogP contribution in [-0.2, 0) is 11.3 Å². The number of carbonyl (C=O) groups excluding carboxylic acids is 1. The molecule has 2 fully saturated rings. The number of hydrogen-bond donors (Lipinski definition) is 0. The fourth-order valence-corrected chi connectivity index (χ4v) is 4.03. The number of benzene rings is 1. The van der Waals surface area contributed by atoms with Gasteiger partial charge >= 0.3 is 0 Å². The molecule has 0 N–H and O–H groups in total. The summed E-state index contributed by atoms with van der Waals surface area (Å²) in [7, 11) is 0. The van der Waals surface area contributed by atoms with E-state index >= 15 is 0 Å². The van der Waals surface area contributed by atoms with Crippen LogP contribution in [0.25, 0.3) is 0 Å². The Labute approximate surface area is 176 Å². The van der Waals surface area contributed by atoms with Crippen molar-refractivity contribution in [1.82, 2.24) is 14.4 Å². The maximum absolute atomic E-state index is 13.2. The Hall–Kier alpha value is -2.64. The number of carbonyl (C=O) groups is 1. The molecular weight excluding hydrogens is 382 g/mol. The van der Waals surface area contributed by atoms with Gasteiger partial charge in [0.15, 0.2) is 0 Å². The molecule has 2 aliphatic heterocycles. The van der Waals surface area contributed by atoms with Crippen LogP contribution in [0.15, 0.2) is 47.4 Å². The van der Waals surface area contributed by atoms with Gasteiger partial charge in [-0.1, -0.05) is 18.2 Å². The molecule has 0 spiro atoms. The fourth-order valence-electron chi connectivity index (χ4n) is 4.03. The minimum atomic E-state index is -0.208. The second kappa shape index (κ2) is 9.45. The monoisotopic (exact) mass is 411 g/mol. The maximum atomic E-state index is 13.2. The Morgan fingerprint density at radius 2 is 1.87 bits per heavy atom. The molecule has 1 atom stereocenters. The average molecular weight is 412 g/mol. The number of rotatable bonds is 6. The number of likely N-dealkylation sites (tertiary alicyclic amines) is 1.